The number of hydrogen-bond donors (Lipinski definition) is 1. The van der Waals surface area contributed by atoms with Gasteiger partial charge in [0.1, 0.15) is 17.5 Å². The number of nitrogens with one attached hydrogen (secondary N) is 1. The minimum atomic E-state index is -0.586. The molecule has 1 aromatic heterocycles. The van der Waals surface area contributed by atoms with E-state index < -0.39 is 17.7 Å². The minimum Gasteiger partial charge on any atom is -0.444 e. The third-order valence-corrected chi connectivity index (χ3v) is 4.28. The van der Waals surface area contributed by atoms with Gasteiger partial charge in [-0.15, -0.1) is 10.2 Å². The molecule has 0 aliphatic heterocycles. The number of halogens is 1. The average Bonchev–Trinajstić information content (AvgIpc) is 3.00. The normalized spacial score (nSPS) is 12.9. The van der Waals surface area contributed by atoms with E-state index in [0.29, 0.717) is 29.2 Å². The van der Waals surface area contributed by atoms with Crippen LogP contribution in [0.1, 0.15) is 58.5 Å². The van der Waals surface area contributed by atoms with E-state index >= 15 is 0 Å². The van der Waals surface area contributed by atoms with Gasteiger partial charge in [-0.3, -0.25) is 0 Å². The molecule has 2 rings (SSSR count). The van der Waals surface area contributed by atoms with Crippen molar-refractivity contribution in [2.24, 2.45) is 5.92 Å². The first-order valence-corrected chi connectivity index (χ1v) is 9.81. The summed E-state index contributed by atoms with van der Waals surface area (Å²) >= 11 is 1.36. The van der Waals surface area contributed by atoms with Crippen LogP contribution in [0.25, 0.3) is 0 Å². The lowest BCUT2D eigenvalue weighted by molar-refractivity contribution is 0.0487. The molecular weight excluding hydrogens is 369 g/mol. The van der Waals surface area contributed by atoms with Gasteiger partial charge >= 0.3 is 6.09 Å². The number of ether oxygens (including phenoxy) is 1. The van der Waals surface area contributed by atoms with Gasteiger partial charge in [0.05, 0.1) is 0 Å². The van der Waals surface area contributed by atoms with Crippen LogP contribution in [0.4, 0.5) is 9.18 Å². The molecule has 1 amide bonds. The summed E-state index contributed by atoms with van der Waals surface area (Å²) in [5.74, 6) is 0.966. The van der Waals surface area contributed by atoms with Crippen LogP contribution in [0, 0.1) is 11.7 Å². The number of amides is 1. The zero-order chi connectivity index (χ0) is 20.0. The van der Waals surface area contributed by atoms with Gasteiger partial charge in [0, 0.05) is 5.75 Å². The smallest absolute Gasteiger partial charge is 0.408 e. The molecule has 1 heterocycles. The van der Waals surface area contributed by atoms with Crippen LogP contribution in [0.15, 0.2) is 33.9 Å². The Morgan fingerprint density at radius 2 is 1.93 bits per heavy atom. The molecular formula is C19H26FN3O3S. The largest absolute Gasteiger partial charge is 0.444 e. The summed E-state index contributed by atoms with van der Waals surface area (Å²) in [5.41, 5.74) is 0.365. The molecule has 0 spiro atoms. The van der Waals surface area contributed by atoms with Gasteiger partial charge in [-0.1, -0.05) is 37.7 Å². The SMILES string of the molecule is CC(C)C[C@@H](NC(=O)OC(C)(C)C)c1nnc(SCc2ccc(F)cc2)o1. The third kappa shape index (κ3) is 7.58. The monoisotopic (exact) mass is 395 g/mol. The Kier molecular flexibility index (Phi) is 7.24. The Bertz CT molecular complexity index is 741. The van der Waals surface area contributed by atoms with Crippen molar-refractivity contribution in [1.29, 1.82) is 0 Å². The zero-order valence-corrected chi connectivity index (χ0v) is 17.1. The highest BCUT2D eigenvalue weighted by atomic mass is 32.2. The first-order valence-electron chi connectivity index (χ1n) is 8.82. The maximum absolute atomic E-state index is 13.0. The molecule has 0 radical (unpaired) electrons. The molecule has 27 heavy (non-hydrogen) atoms. The molecule has 0 bridgehead atoms. The van der Waals surface area contributed by atoms with Crippen molar-refractivity contribution in [1.82, 2.24) is 15.5 Å². The number of benzene rings is 1. The van der Waals surface area contributed by atoms with Crippen LogP contribution < -0.4 is 5.32 Å². The second-order valence-corrected chi connectivity index (χ2v) is 8.58. The molecule has 1 aromatic carbocycles. The Balaban J connectivity index is 2.01. The number of aromatic nitrogens is 2. The lowest BCUT2D eigenvalue weighted by Gasteiger charge is -2.22. The van der Waals surface area contributed by atoms with Gasteiger partial charge in [-0.25, -0.2) is 9.18 Å². The minimum absolute atomic E-state index is 0.270. The van der Waals surface area contributed by atoms with E-state index in [-0.39, 0.29) is 5.82 Å². The van der Waals surface area contributed by atoms with Gasteiger partial charge < -0.3 is 14.5 Å². The lowest BCUT2D eigenvalue weighted by atomic mass is 10.0. The fourth-order valence-electron chi connectivity index (χ4n) is 2.29. The van der Waals surface area contributed by atoms with Crippen LogP contribution >= 0.6 is 11.8 Å². The van der Waals surface area contributed by atoms with Crippen LogP contribution in [-0.2, 0) is 10.5 Å². The third-order valence-electron chi connectivity index (χ3n) is 3.39. The molecule has 0 fully saturated rings. The van der Waals surface area contributed by atoms with Gasteiger partial charge in [-0.2, -0.15) is 0 Å². The summed E-state index contributed by atoms with van der Waals surface area (Å²) < 4.78 is 24.0. The first-order chi connectivity index (χ1) is 12.6. The summed E-state index contributed by atoms with van der Waals surface area (Å²) in [7, 11) is 0. The van der Waals surface area contributed by atoms with Gasteiger partial charge in [0.15, 0.2) is 0 Å². The van der Waals surface area contributed by atoms with Crippen LogP contribution in [0.2, 0.25) is 0 Å². The zero-order valence-electron chi connectivity index (χ0n) is 16.3. The average molecular weight is 396 g/mol. The lowest BCUT2D eigenvalue weighted by Crippen LogP contribution is -2.35. The van der Waals surface area contributed by atoms with Crippen molar-refractivity contribution in [3.8, 4) is 0 Å². The number of nitrogens with zero attached hydrogens (tertiary/aromatic N) is 2. The predicted molar refractivity (Wildman–Crippen MR) is 102 cm³/mol. The van der Waals surface area contributed by atoms with Crippen molar-refractivity contribution >= 4 is 17.9 Å². The molecule has 0 saturated carbocycles. The summed E-state index contributed by atoms with van der Waals surface area (Å²) in [6.07, 6.45) is 0.121. The molecule has 8 heteroatoms. The topological polar surface area (TPSA) is 77.2 Å². The summed E-state index contributed by atoms with van der Waals surface area (Å²) in [4.78, 5) is 12.1. The number of carbonyl (C=O) groups excluding carboxylic acids is 1. The fraction of sp³-hybridized carbons (Fsp3) is 0.526. The van der Waals surface area contributed by atoms with E-state index in [0.717, 1.165) is 5.56 Å². The number of hydrogen-bond acceptors (Lipinski definition) is 6. The van der Waals surface area contributed by atoms with Gasteiger partial charge in [0.25, 0.3) is 5.22 Å². The maximum atomic E-state index is 13.0. The van der Waals surface area contributed by atoms with E-state index in [2.05, 4.69) is 15.5 Å². The molecule has 1 N–H and O–H groups in total. The maximum Gasteiger partial charge on any atom is 0.408 e. The highest BCUT2D eigenvalue weighted by Crippen LogP contribution is 2.26. The van der Waals surface area contributed by atoms with Crippen molar-refractivity contribution in [3.63, 3.8) is 0 Å². The molecule has 0 saturated heterocycles. The van der Waals surface area contributed by atoms with E-state index in [1.165, 1.54) is 23.9 Å². The second kappa shape index (κ2) is 9.21. The van der Waals surface area contributed by atoms with Crippen molar-refractivity contribution < 1.29 is 18.3 Å². The van der Waals surface area contributed by atoms with Crippen LogP contribution in [0.5, 0.6) is 0 Å². The number of carbonyl (C=O) groups is 1. The van der Waals surface area contributed by atoms with E-state index in [9.17, 15) is 9.18 Å². The van der Waals surface area contributed by atoms with Crippen molar-refractivity contribution in [2.45, 2.75) is 63.7 Å². The van der Waals surface area contributed by atoms with Crippen LogP contribution in [-0.4, -0.2) is 21.9 Å². The summed E-state index contributed by atoms with van der Waals surface area (Å²) in [6, 6.07) is 5.83. The van der Waals surface area contributed by atoms with E-state index in [4.69, 9.17) is 9.15 Å². The molecule has 1 atom stereocenters. The fourth-order valence-corrected chi connectivity index (χ4v) is 3.01. The summed E-state index contributed by atoms with van der Waals surface area (Å²) in [5, 5.41) is 11.3. The molecule has 2 aromatic rings. The first kappa shape index (κ1) is 21.2. The van der Waals surface area contributed by atoms with Crippen molar-refractivity contribution in [2.75, 3.05) is 0 Å². The Hall–Kier alpha value is -2.09. The molecule has 148 valence electrons. The molecule has 6 nitrogen and oxygen atoms in total. The predicted octanol–water partition coefficient (Wildman–Crippen LogP) is 5.11. The van der Waals surface area contributed by atoms with Gasteiger partial charge in [-0.05, 0) is 50.8 Å². The highest BCUT2D eigenvalue weighted by molar-refractivity contribution is 7.98. The number of rotatable bonds is 7. The standard InChI is InChI=1S/C19H26FN3O3S/c1-12(2)10-15(21-17(24)26-19(3,4)5)16-22-23-18(25-16)27-11-13-6-8-14(20)9-7-13/h6-9,12,15H,10-11H2,1-5H3,(H,21,24)/t15-/m1/s1. The van der Waals surface area contributed by atoms with E-state index in [1.54, 1.807) is 32.9 Å². The molecule has 0 unspecified atom stereocenters. The second-order valence-electron chi connectivity index (χ2n) is 7.65. The Labute approximate surface area is 163 Å². The van der Waals surface area contributed by atoms with Crippen molar-refractivity contribution in [3.05, 3.63) is 41.5 Å². The molecule has 0 aliphatic carbocycles. The summed E-state index contributed by atoms with van der Waals surface area (Å²) in [6.45, 7) is 9.51. The Morgan fingerprint density at radius 3 is 2.52 bits per heavy atom. The van der Waals surface area contributed by atoms with E-state index in [1.807, 2.05) is 13.8 Å². The highest BCUT2D eigenvalue weighted by Gasteiger charge is 2.25. The number of alkyl carbamates (subject to hydrolysis) is 1. The Morgan fingerprint density at radius 1 is 1.26 bits per heavy atom. The quantitative estimate of drug-likeness (QED) is 0.656. The van der Waals surface area contributed by atoms with Crippen LogP contribution in [0.3, 0.4) is 0 Å². The van der Waals surface area contributed by atoms with Gasteiger partial charge in [0.2, 0.25) is 5.89 Å². The molecule has 0 aliphatic rings. The number of thioether (sulfide) groups is 1.